The second-order valence-corrected chi connectivity index (χ2v) is 23.1. The molecule has 1 unspecified atom stereocenters. The number of allylic oxidation sites excluding steroid dienone is 4. The zero-order valence-corrected chi connectivity index (χ0v) is 50.8. The first-order chi connectivity index (χ1) is 37.0. The third-order valence-corrected chi connectivity index (χ3v) is 15.5. The van der Waals surface area contributed by atoms with Crippen LogP contribution in [0.25, 0.3) is 0 Å². The molecule has 0 spiro atoms. The van der Waals surface area contributed by atoms with Crippen LogP contribution in [0.1, 0.15) is 380 Å². The lowest BCUT2D eigenvalue weighted by Crippen LogP contribution is -2.30. The van der Waals surface area contributed by atoms with Gasteiger partial charge < -0.3 is 14.2 Å². The maximum absolute atomic E-state index is 12.9. The number of carbonyl (C=O) groups is 3. The molecular weight excluding hydrogens is 925 g/mol. The Bertz CT molecular complexity index is 1210. The van der Waals surface area contributed by atoms with Crippen molar-refractivity contribution in [3.05, 3.63) is 24.3 Å². The average molecular weight is 1060 g/mol. The standard InChI is InChI=1S/C69H130O6/c1-4-7-10-13-16-18-20-22-24-26-28-30-32-33-34-35-36-37-38-40-41-43-45-47-49-51-53-56-59-62-68(71)74-65-66(64-73-67(70)61-58-55-15-12-9-6-3)75-69(72)63-60-57-54-52-50-48-46-44-42-39-31-29-27-25-23-21-19-17-14-11-8-5-2/h20,22,26,28,66H,4-19,21,23-25,27,29-65H2,1-3H3/b22-20-,28-26-. The average Bonchev–Trinajstić information content (AvgIpc) is 3.41. The van der Waals surface area contributed by atoms with Crippen molar-refractivity contribution in [2.45, 2.75) is 386 Å². The topological polar surface area (TPSA) is 78.9 Å². The Labute approximate surface area is 468 Å². The van der Waals surface area contributed by atoms with Crippen LogP contribution in [0.2, 0.25) is 0 Å². The molecule has 0 aromatic rings. The summed E-state index contributed by atoms with van der Waals surface area (Å²) in [5, 5.41) is 0. The minimum absolute atomic E-state index is 0.0650. The van der Waals surface area contributed by atoms with Gasteiger partial charge in [0.1, 0.15) is 13.2 Å². The molecule has 0 aliphatic carbocycles. The summed E-state index contributed by atoms with van der Waals surface area (Å²) in [5.41, 5.74) is 0. The van der Waals surface area contributed by atoms with Crippen LogP contribution in [0.15, 0.2) is 24.3 Å². The van der Waals surface area contributed by atoms with Crippen molar-refractivity contribution < 1.29 is 28.6 Å². The van der Waals surface area contributed by atoms with Gasteiger partial charge in [0, 0.05) is 19.3 Å². The molecular formula is C69H130O6. The first-order valence-electron chi connectivity index (χ1n) is 33.8. The molecule has 442 valence electrons. The van der Waals surface area contributed by atoms with Crippen molar-refractivity contribution in [2.75, 3.05) is 13.2 Å². The minimum Gasteiger partial charge on any atom is -0.462 e. The van der Waals surface area contributed by atoms with E-state index in [1.54, 1.807) is 0 Å². The molecule has 6 nitrogen and oxygen atoms in total. The summed E-state index contributed by atoms with van der Waals surface area (Å²) in [4.78, 5) is 38.0. The molecule has 0 aliphatic rings. The van der Waals surface area contributed by atoms with Crippen LogP contribution in [0.4, 0.5) is 0 Å². The predicted octanol–water partition coefficient (Wildman–Crippen LogP) is 23.0. The van der Waals surface area contributed by atoms with E-state index < -0.39 is 6.10 Å². The number of hydrogen-bond donors (Lipinski definition) is 0. The lowest BCUT2D eigenvalue weighted by atomic mass is 10.0. The van der Waals surface area contributed by atoms with Crippen molar-refractivity contribution in [1.82, 2.24) is 0 Å². The molecule has 0 amide bonds. The van der Waals surface area contributed by atoms with Crippen molar-refractivity contribution in [3.63, 3.8) is 0 Å². The van der Waals surface area contributed by atoms with E-state index in [1.165, 1.54) is 276 Å². The normalized spacial score (nSPS) is 12.1. The van der Waals surface area contributed by atoms with Gasteiger partial charge in [0.2, 0.25) is 0 Å². The van der Waals surface area contributed by atoms with Gasteiger partial charge in [-0.05, 0) is 51.4 Å². The third kappa shape index (κ3) is 62.6. The summed E-state index contributed by atoms with van der Waals surface area (Å²) in [7, 11) is 0. The molecule has 0 heterocycles. The van der Waals surface area contributed by atoms with Gasteiger partial charge in [-0.25, -0.2) is 0 Å². The molecule has 0 saturated heterocycles. The van der Waals surface area contributed by atoms with Crippen LogP contribution in [0, 0.1) is 0 Å². The zero-order chi connectivity index (χ0) is 54.3. The summed E-state index contributed by atoms with van der Waals surface area (Å²) in [6.07, 6.45) is 78.1. The number of hydrogen-bond acceptors (Lipinski definition) is 6. The van der Waals surface area contributed by atoms with Crippen LogP contribution in [-0.4, -0.2) is 37.2 Å². The molecule has 0 aromatic heterocycles. The van der Waals surface area contributed by atoms with Crippen LogP contribution in [0.3, 0.4) is 0 Å². The first kappa shape index (κ1) is 72.9. The largest absolute Gasteiger partial charge is 0.462 e. The maximum Gasteiger partial charge on any atom is 0.306 e. The summed E-state index contributed by atoms with van der Waals surface area (Å²) in [5.74, 6) is -0.847. The predicted molar refractivity (Wildman–Crippen MR) is 326 cm³/mol. The van der Waals surface area contributed by atoms with E-state index in [0.717, 1.165) is 64.2 Å². The summed E-state index contributed by atoms with van der Waals surface area (Å²) >= 11 is 0. The van der Waals surface area contributed by atoms with Crippen molar-refractivity contribution in [2.24, 2.45) is 0 Å². The summed E-state index contributed by atoms with van der Waals surface area (Å²) in [6.45, 7) is 6.64. The fourth-order valence-corrected chi connectivity index (χ4v) is 10.4. The van der Waals surface area contributed by atoms with Gasteiger partial charge in [0.05, 0.1) is 0 Å². The van der Waals surface area contributed by atoms with Gasteiger partial charge in [-0.2, -0.15) is 0 Å². The molecule has 0 bridgehead atoms. The number of carbonyl (C=O) groups excluding carboxylic acids is 3. The fourth-order valence-electron chi connectivity index (χ4n) is 10.4. The molecule has 0 saturated carbocycles. The Morgan fingerprint density at radius 1 is 0.267 bits per heavy atom. The Balaban J connectivity index is 3.98. The van der Waals surface area contributed by atoms with E-state index >= 15 is 0 Å². The van der Waals surface area contributed by atoms with Crippen LogP contribution in [-0.2, 0) is 28.6 Å². The van der Waals surface area contributed by atoms with Gasteiger partial charge in [-0.15, -0.1) is 0 Å². The van der Waals surface area contributed by atoms with Crippen molar-refractivity contribution in [3.8, 4) is 0 Å². The maximum atomic E-state index is 12.9. The zero-order valence-electron chi connectivity index (χ0n) is 50.8. The van der Waals surface area contributed by atoms with E-state index in [0.29, 0.717) is 19.3 Å². The molecule has 0 aromatic carbocycles. The Morgan fingerprint density at radius 3 is 0.733 bits per heavy atom. The highest BCUT2D eigenvalue weighted by Crippen LogP contribution is 2.18. The molecule has 0 radical (unpaired) electrons. The molecule has 6 heteroatoms. The van der Waals surface area contributed by atoms with Crippen LogP contribution in [0.5, 0.6) is 0 Å². The lowest BCUT2D eigenvalue weighted by Gasteiger charge is -2.18. The molecule has 75 heavy (non-hydrogen) atoms. The number of esters is 3. The quantitative estimate of drug-likeness (QED) is 0.0261. The molecule has 0 N–H and O–H groups in total. The highest BCUT2D eigenvalue weighted by molar-refractivity contribution is 5.71. The Kier molecular flexibility index (Phi) is 62.6. The number of rotatable bonds is 63. The summed E-state index contributed by atoms with van der Waals surface area (Å²) < 4.78 is 16.8. The highest BCUT2D eigenvalue weighted by Gasteiger charge is 2.19. The molecule has 1 atom stereocenters. The van der Waals surface area contributed by atoms with Crippen molar-refractivity contribution in [1.29, 1.82) is 0 Å². The molecule has 0 rings (SSSR count). The fraction of sp³-hybridized carbons (Fsp3) is 0.899. The third-order valence-electron chi connectivity index (χ3n) is 15.5. The van der Waals surface area contributed by atoms with Crippen LogP contribution >= 0.6 is 0 Å². The van der Waals surface area contributed by atoms with E-state index in [9.17, 15) is 14.4 Å². The lowest BCUT2D eigenvalue weighted by molar-refractivity contribution is -0.167. The van der Waals surface area contributed by atoms with Gasteiger partial charge >= 0.3 is 17.9 Å². The van der Waals surface area contributed by atoms with E-state index in [4.69, 9.17) is 14.2 Å². The highest BCUT2D eigenvalue weighted by atomic mass is 16.6. The smallest absolute Gasteiger partial charge is 0.306 e. The number of ether oxygens (including phenoxy) is 3. The van der Waals surface area contributed by atoms with Crippen molar-refractivity contribution >= 4 is 17.9 Å². The molecule has 0 fully saturated rings. The van der Waals surface area contributed by atoms with Gasteiger partial charge in [-0.1, -0.05) is 334 Å². The summed E-state index contributed by atoms with van der Waals surface area (Å²) in [6, 6.07) is 0. The molecule has 0 aliphatic heterocycles. The second-order valence-electron chi connectivity index (χ2n) is 23.1. The van der Waals surface area contributed by atoms with E-state index in [-0.39, 0.29) is 31.1 Å². The Hall–Kier alpha value is -2.11. The van der Waals surface area contributed by atoms with Gasteiger partial charge in [0.15, 0.2) is 6.10 Å². The van der Waals surface area contributed by atoms with E-state index in [2.05, 4.69) is 45.1 Å². The monoisotopic (exact) mass is 1050 g/mol. The van der Waals surface area contributed by atoms with Gasteiger partial charge in [-0.3, -0.25) is 14.4 Å². The van der Waals surface area contributed by atoms with Gasteiger partial charge in [0.25, 0.3) is 0 Å². The Morgan fingerprint density at radius 2 is 0.480 bits per heavy atom. The van der Waals surface area contributed by atoms with Crippen LogP contribution < -0.4 is 0 Å². The second kappa shape index (κ2) is 64.4. The minimum atomic E-state index is -0.764. The van der Waals surface area contributed by atoms with E-state index in [1.807, 2.05) is 0 Å². The number of unbranched alkanes of at least 4 members (excludes halogenated alkanes) is 48. The SMILES string of the molecule is CCCCCCC/C=C\C/C=C\CCCCCCCCCCCCCCCCCCCC(=O)OCC(COC(=O)CCCCCCCC)OC(=O)CCCCCCCCCCCCCCCCCCCCCCCC. The first-order valence-corrected chi connectivity index (χ1v) is 33.8.